The maximum absolute atomic E-state index is 5.94. The summed E-state index contributed by atoms with van der Waals surface area (Å²) >= 11 is 4.78. The summed E-state index contributed by atoms with van der Waals surface area (Å²) in [6, 6.07) is 21.0. The van der Waals surface area contributed by atoms with Gasteiger partial charge in [0.1, 0.15) is 0 Å². The van der Waals surface area contributed by atoms with E-state index in [0.29, 0.717) is 0 Å². The molecule has 21 heavy (non-hydrogen) atoms. The number of hydrogen-bond donors (Lipinski definition) is 1. The van der Waals surface area contributed by atoms with Gasteiger partial charge in [-0.3, -0.25) is 4.90 Å². The first kappa shape index (κ1) is 14.6. The third-order valence-corrected chi connectivity index (χ3v) is 4.55. The Morgan fingerprint density at radius 2 is 1.71 bits per heavy atom. The molecular formula is C18H21NOS. The van der Waals surface area contributed by atoms with Crippen molar-refractivity contribution in [3.05, 3.63) is 71.8 Å². The van der Waals surface area contributed by atoms with Gasteiger partial charge < -0.3 is 4.74 Å². The van der Waals surface area contributed by atoms with Crippen molar-refractivity contribution in [2.45, 2.75) is 17.9 Å². The number of hydrogen-bond acceptors (Lipinski definition) is 3. The Morgan fingerprint density at radius 3 is 2.43 bits per heavy atom. The van der Waals surface area contributed by atoms with Gasteiger partial charge in [-0.2, -0.15) is 12.6 Å². The molecule has 2 nitrogen and oxygen atoms in total. The molecule has 3 heteroatoms. The molecule has 0 saturated carbocycles. The molecule has 1 saturated heterocycles. The second kappa shape index (κ2) is 7.12. The fraction of sp³-hybridized carbons (Fsp3) is 0.333. The van der Waals surface area contributed by atoms with E-state index < -0.39 is 0 Å². The molecule has 0 aromatic heterocycles. The molecule has 1 aliphatic heterocycles. The van der Waals surface area contributed by atoms with Crippen LogP contribution in [0.5, 0.6) is 0 Å². The topological polar surface area (TPSA) is 12.5 Å². The van der Waals surface area contributed by atoms with Crippen LogP contribution in [-0.2, 0) is 11.3 Å². The van der Waals surface area contributed by atoms with Gasteiger partial charge in [-0.1, -0.05) is 60.7 Å². The smallest absolute Gasteiger partial charge is 0.0859 e. The lowest BCUT2D eigenvalue weighted by molar-refractivity contribution is -0.0317. The van der Waals surface area contributed by atoms with Gasteiger partial charge in [0.2, 0.25) is 0 Å². The van der Waals surface area contributed by atoms with Gasteiger partial charge in [0, 0.05) is 19.6 Å². The van der Waals surface area contributed by atoms with Gasteiger partial charge in [0.05, 0.1) is 18.0 Å². The molecule has 2 atom stereocenters. The molecule has 0 aliphatic carbocycles. The Bertz CT molecular complexity index is 546. The monoisotopic (exact) mass is 299 g/mol. The molecule has 0 radical (unpaired) electrons. The van der Waals surface area contributed by atoms with Crippen LogP contribution in [0.3, 0.4) is 0 Å². The molecular weight excluding hydrogens is 278 g/mol. The minimum Gasteiger partial charge on any atom is -0.374 e. The number of morpholine rings is 1. The van der Waals surface area contributed by atoms with Gasteiger partial charge in [-0.25, -0.2) is 0 Å². The Morgan fingerprint density at radius 1 is 1.05 bits per heavy atom. The molecule has 110 valence electrons. The molecule has 2 aromatic carbocycles. The van der Waals surface area contributed by atoms with Crippen LogP contribution < -0.4 is 0 Å². The fourth-order valence-electron chi connectivity index (χ4n) is 2.77. The zero-order chi connectivity index (χ0) is 14.5. The van der Waals surface area contributed by atoms with E-state index in [4.69, 9.17) is 17.4 Å². The summed E-state index contributed by atoms with van der Waals surface area (Å²) in [6.07, 6.45) is 0.146. The lowest BCUT2D eigenvalue weighted by Crippen LogP contribution is -2.43. The van der Waals surface area contributed by atoms with E-state index in [0.717, 1.165) is 26.2 Å². The minimum absolute atomic E-state index is 0.129. The largest absolute Gasteiger partial charge is 0.374 e. The van der Waals surface area contributed by atoms with Crippen LogP contribution in [-0.4, -0.2) is 30.7 Å². The first-order chi connectivity index (χ1) is 10.3. The predicted molar refractivity (Wildman–Crippen MR) is 89.6 cm³/mol. The minimum atomic E-state index is 0.129. The van der Waals surface area contributed by atoms with Gasteiger partial charge in [-0.15, -0.1) is 0 Å². The van der Waals surface area contributed by atoms with Crippen molar-refractivity contribution in [2.24, 2.45) is 0 Å². The zero-order valence-electron chi connectivity index (χ0n) is 12.1. The van der Waals surface area contributed by atoms with Crippen molar-refractivity contribution in [2.75, 3.05) is 19.7 Å². The molecule has 0 amide bonds. The molecule has 1 fully saturated rings. The molecule has 1 heterocycles. The molecule has 3 rings (SSSR count). The highest BCUT2D eigenvalue weighted by atomic mass is 32.1. The maximum atomic E-state index is 5.94. The van der Waals surface area contributed by atoms with Crippen LogP contribution in [0.1, 0.15) is 16.4 Å². The van der Waals surface area contributed by atoms with Crippen LogP contribution in [0.25, 0.3) is 0 Å². The standard InChI is InChI=1S/C18H21NOS/c21-18(16-9-5-2-6-10-16)17-14-19(11-12-20-17)13-15-7-3-1-4-8-15/h1-10,17-18,21H,11-14H2. The Hall–Kier alpha value is -1.29. The van der Waals surface area contributed by atoms with Crippen LogP contribution in [0.2, 0.25) is 0 Å². The Balaban J connectivity index is 1.63. The van der Waals surface area contributed by atoms with E-state index in [2.05, 4.69) is 59.5 Å². The average Bonchev–Trinajstić information content (AvgIpc) is 2.56. The number of benzene rings is 2. The van der Waals surface area contributed by atoms with E-state index >= 15 is 0 Å². The van der Waals surface area contributed by atoms with Crippen molar-refractivity contribution in [3.8, 4) is 0 Å². The highest BCUT2D eigenvalue weighted by molar-refractivity contribution is 7.80. The fourth-order valence-corrected chi connectivity index (χ4v) is 3.13. The maximum Gasteiger partial charge on any atom is 0.0859 e. The summed E-state index contributed by atoms with van der Waals surface area (Å²) in [6.45, 7) is 3.68. The van der Waals surface area contributed by atoms with E-state index in [-0.39, 0.29) is 11.4 Å². The molecule has 2 aromatic rings. The number of nitrogens with zero attached hydrogens (tertiary/aromatic N) is 1. The summed E-state index contributed by atoms with van der Waals surface area (Å²) in [4.78, 5) is 2.45. The van der Waals surface area contributed by atoms with E-state index in [1.807, 2.05) is 6.07 Å². The predicted octanol–water partition coefficient (Wildman–Crippen LogP) is 3.56. The quantitative estimate of drug-likeness (QED) is 0.867. The van der Waals surface area contributed by atoms with Crippen LogP contribution >= 0.6 is 12.6 Å². The van der Waals surface area contributed by atoms with Crippen molar-refractivity contribution in [1.29, 1.82) is 0 Å². The lowest BCUT2D eigenvalue weighted by atomic mass is 10.1. The molecule has 0 N–H and O–H groups in total. The number of thiol groups is 1. The van der Waals surface area contributed by atoms with E-state index in [9.17, 15) is 0 Å². The first-order valence-electron chi connectivity index (χ1n) is 7.44. The normalized spacial score (nSPS) is 21.1. The van der Waals surface area contributed by atoms with Crippen molar-refractivity contribution in [1.82, 2.24) is 4.90 Å². The summed E-state index contributed by atoms with van der Waals surface area (Å²) in [5, 5.41) is 0.129. The summed E-state index contributed by atoms with van der Waals surface area (Å²) < 4.78 is 5.94. The van der Waals surface area contributed by atoms with Gasteiger partial charge >= 0.3 is 0 Å². The second-order valence-electron chi connectivity index (χ2n) is 5.49. The van der Waals surface area contributed by atoms with Gasteiger partial charge in [0.15, 0.2) is 0 Å². The highest BCUT2D eigenvalue weighted by Crippen LogP contribution is 2.28. The number of rotatable bonds is 4. The lowest BCUT2D eigenvalue weighted by Gasteiger charge is -2.35. The van der Waals surface area contributed by atoms with Crippen LogP contribution in [0, 0.1) is 0 Å². The van der Waals surface area contributed by atoms with Gasteiger partial charge in [0.25, 0.3) is 0 Å². The Kier molecular flexibility index (Phi) is 4.96. The molecule has 1 aliphatic rings. The molecule has 0 bridgehead atoms. The second-order valence-corrected chi connectivity index (χ2v) is 6.04. The molecule has 2 unspecified atom stereocenters. The third kappa shape index (κ3) is 3.88. The summed E-state index contributed by atoms with van der Waals surface area (Å²) in [5.41, 5.74) is 2.58. The summed E-state index contributed by atoms with van der Waals surface area (Å²) in [7, 11) is 0. The van der Waals surface area contributed by atoms with Crippen molar-refractivity contribution < 1.29 is 4.74 Å². The first-order valence-corrected chi connectivity index (χ1v) is 7.95. The van der Waals surface area contributed by atoms with Gasteiger partial charge in [-0.05, 0) is 11.1 Å². The highest BCUT2D eigenvalue weighted by Gasteiger charge is 2.26. The average molecular weight is 299 g/mol. The zero-order valence-corrected chi connectivity index (χ0v) is 13.0. The van der Waals surface area contributed by atoms with Crippen LogP contribution in [0.15, 0.2) is 60.7 Å². The van der Waals surface area contributed by atoms with E-state index in [1.54, 1.807) is 0 Å². The van der Waals surface area contributed by atoms with Crippen LogP contribution in [0.4, 0.5) is 0 Å². The SMILES string of the molecule is SC(c1ccccc1)C1CN(Cc2ccccc2)CCO1. The summed E-state index contributed by atoms with van der Waals surface area (Å²) in [5.74, 6) is 0. The van der Waals surface area contributed by atoms with Crippen molar-refractivity contribution in [3.63, 3.8) is 0 Å². The third-order valence-electron chi connectivity index (χ3n) is 3.92. The van der Waals surface area contributed by atoms with Crippen molar-refractivity contribution >= 4 is 12.6 Å². The number of ether oxygens (including phenoxy) is 1. The Labute approximate surface area is 132 Å². The van der Waals surface area contributed by atoms with E-state index in [1.165, 1.54) is 11.1 Å². The molecule has 0 spiro atoms.